The lowest BCUT2D eigenvalue weighted by Gasteiger charge is -2.27. The molecule has 0 amide bonds. The van der Waals surface area contributed by atoms with Gasteiger partial charge in [0.25, 0.3) is 0 Å². The minimum atomic E-state index is -4.78. The molecule has 1 N–H and O–H groups in total. The number of thiophene rings is 1. The molecule has 2 aliphatic heterocycles. The van der Waals surface area contributed by atoms with E-state index in [2.05, 4.69) is 4.74 Å². The van der Waals surface area contributed by atoms with Crippen molar-refractivity contribution >= 4 is 58.0 Å². The number of rotatable bonds is 4. The quantitative estimate of drug-likeness (QED) is 0.168. The Morgan fingerprint density at radius 2 is 1.48 bits per heavy atom. The van der Waals surface area contributed by atoms with Crippen molar-refractivity contribution in [3.05, 3.63) is 79.8 Å². The first kappa shape index (κ1) is 31.4. The molecule has 222 valence electrons. The Labute approximate surface area is 252 Å². The molecule has 0 saturated carbocycles. The summed E-state index contributed by atoms with van der Waals surface area (Å²) in [5.74, 6) is -2.54. The molecule has 5 rings (SSSR count). The minimum absolute atomic E-state index is 0.0000677. The number of carbonyl (C=O) groups is 2. The maximum Gasteiger partial charge on any atom is 0.430 e. The maximum absolute atomic E-state index is 13.0. The summed E-state index contributed by atoms with van der Waals surface area (Å²) in [6, 6.07) is 13.2. The number of carboxylic acid groups (broad SMARTS) is 1. The van der Waals surface area contributed by atoms with Crippen molar-refractivity contribution in [1.29, 1.82) is 0 Å². The van der Waals surface area contributed by atoms with E-state index in [0.717, 1.165) is 20.1 Å². The lowest BCUT2D eigenvalue weighted by atomic mass is 9.99. The fourth-order valence-electron chi connectivity index (χ4n) is 4.01. The summed E-state index contributed by atoms with van der Waals surface area (Å²) in [4.78, 5) is 23.7. The molecule has 0 fully saturated rings. The third-order valence-corrected chi connectivity index (χ3v) is 7.41. The van der Waals surface area contributed by atoms with Crippen LogP contribution in [-0.2, 0) is 14.3 Å². The molecule has 0 saturated heterocycles. The van der Waals surface area contributed by atoms with E-state index in [1.165, 1.54) is 36.5 Å². The molecule has 1 aromatic heterocycles. The zero-order chi connectivity index (χ0) is 30.8. The molecule has 2 unspecified atom stereocenters. The zero-order valence-electron chi connectivity index (χ0n) is 21.3. The van der Waals surface area contributed by atoms with Gasteiger partial charge < -0.3 is 19.3 Å². The van der Waals surface area contributed by atoms with Crippen molar-refractivity contribution in [1.82, 2.24) is 0 Å². The maximum atomic E-state index is 13.0. The summed E-state index contributed by atoms with van der Waals surface area (Å²) in [6.45, 7) is 1.53. The molecule has 3 aromatic rings. The van der Waals surface area contributed by atoms with Gasteiger partial charge in [0.1, 0.15) is 11.5 Å². The molecule has 2 atom stereocenters. The fourth-order valence-corrected chi connectivity index (χ4v) is 5.25. The standard InChI is InChI=1S/C15H9F3O3S.C13H10F3IO3/c16-15(17,18)13-10(14(19)20)7-9-6-8(3-4-11(9)21-13)12-2-1-5-22-12;1-2-19-12(18)9-6-7-5-8(17)3-4-10(7)20-11(9)13(14,15)16/h1-7,13H,(H,19,20);3-6,11H,2H2,1H3. The Kier molecular flexibility index (Phi) is 9.25. The third kappa shape index (κ3) is 7.09. The lowest BCUT2D eigenvalue weighted by molar-refractivity contribution is -0.187. The van der Waals surface area contributed by atoms with Gasteiger partial charge in [0.2, 0.25) is 12.2 Å². The first-order valence-corrected chi connectivity index (χ1v) is 13.9. The number of carboxylic acids is 1. The molecule has 2 aromatic carbocycles. The number of alkyl halides is 6. The van der Waals surface area contributed by atoms with Crippen molar-refractivity contribution in [2.75, 3.05) is 6.61 Å². The molecule has 14 heteroatoms. The number of hydrogen-bond acceptors (Lipinski definition) is 6. The normalized spacial score (nSPS) is 17.6. The molecule has 0 radical (unpaired) electrons. The first-order chi connectivity index (χ1) is 19.7. The van der Waals surface area contributed by atoms with Crippen molar-refractivity contribution in [3.63, 3.8) is 0 Å². The lowest BCUT2D eigenvalue weighted by Crippen LogP contribution is -2.40. The van der Waals surface area contributed by atoms with Crippen LogP contribution < -0.4 is 9.47 Å². The van der Waals surface area contributed by atoms with Gasteiger partial charge in [-0.05, 0) is 95.1 Å². The van der Waals surface area contributed by atoms with Crippen LogP contribution in [0.25, 0.3) is 22.6 Å². The van der Waals surface area contributed by atoms with Crippen LogP contribution in [-0.4, -0.2) is 48.2 Å². The number of esters is 1. The van der Waals surface area contributed by atoms with Gasteiger partial charge in [-0.25, -0.2) is 9.59 Å². The number of carbonyl (C=O) groups excluding carboxylic acids is 1. The Bertz CT molecular complexity index is 1550. The molecule has 2 aliphatic rings. The van der Waals surface area contributed by atoms with Crippen LogP contribution in [0.3, 0.4) is 0 Å². The van der Waals surface area contributed by atoms with Gasteiger partial charge in [-0.3, -0.25) is 0 Å². The number of fused-ring (bicyclic) bond motifs is 2. The monoisotopic (exact) mass is 724 g/mol. The molecule has 0 bridgehead atoms. The number of aliphatic carboxylic acids is 1. The van der Waals surface area contributed by atoms with E-state index < -0.39 is 47.6 Å². The highest BCUT2D eigenvalue weighted by Crippen LogP contribution is 2.40. The second kappa shape index (κ2) is 12.4. The van der Waals surface area contributed by atoms with Crippen LogP contribution in [0.1, 0.15) is 18.1 Å². The van der Waals surface area contributed by atoms with Gasteiger partial charge >= 0.3 is 24.3 Å². The summed E-state index contributed by atoms with van der Waals surface area (Å²) >= 11 is 3.51. The second-order valence-electron chi connectivity index (χ2n) is 8.72. The summed E-state index contributed by atoms with van der Waals surface area (Å²) in [6.07, 6.45) is -12.0. The van der Waals surface area contributed by atoms with Gasteiger partial charge in [0.15, 0.2) is 0 Å². The van der Waals surface area contributed by atoms with Crippen molar-refractivity contribution in [3.8, 4) is 21.9 Å². The molecule has 42 heavy (non-hydrogen) atoms. The van der Waals surface area contributed by atoms with Crippen LogP contribution in [0, 0.1) is 3.57 Å². The Balaban J connectivity index is 0.000000194. The highest BCUT2D eigenvalue weighted by atomic mass is 127. The smallest absolute Gasteiger partial charge is 0.430 e. The fraction of sp³-hybridized carbons (Fsp3) is 0.214. The predicted molar refractivity (Wildman–Crippen MR) is 150 cm³/mol. The Hall–Kier alpha value is -3.53. The molecule has 0 aliphatic carbocycles. The van der Waals surface area contributed by atoms with Crippen molar-refractivity contribution < 1.29 is 55.2 Å². The molecule has 6 nitrogen and oxygen atoms in total. The van der Waals surface area contributed by atoms with E-state index in [9.17, 15) is 35.9 Å². The van der Waals surface area contributed by atoms with E-state index in [-0.39, 0.29) is 18.1 Å². The van der Waals surface area contributed by atoms with E-state index in [0.29, 0.717) is 11.1 Å². The predicted octanol–water partition coefficient (Wildman–Crippen LogP) is 7.77. The molecular formula is C28H19F6IO6S. The third-order valence-electron chi connectivity index (χ3n) is 5.82. The average molecular weight is 724 g/mol. The SMILES string of the molecule is CCOC(=O)C1=Cc2cc(I)ccc2OC1C(F)(F)F.O=C(O)C1=Cc2cc(-c3cccs3)ccc2OC1C(F)(F)F. The van der Waals surface area contributed by atoms with Crippen LogP contribution in [0.2, 0.25) is 0 Å². The average Bonchev–Trinajstić information content (AvgIpc) is 3.46. The molecule has 0 spiro atoms. The van der Waals surface area contributed by atoms with Crippen molar-refractivity contribution in [2.45, 2.75) is 31.5 Å². The number of halogens is 7. The number of ether oxygens (including phenoxy) is 3. The largest absolute Gasteiger partial charge is 0.478 e. The van der Waals surface area contributed by atoms with Gasteiger partial charge in [0, 0.05) is 19.6 Å². The van der Waals surface area contributed by atoms with Gasteiger partial charge in [-0.1, -0.05) is 6.07 Å². The molecular weight excluding hydrogens is 705 g/mol. The minimum Gasteiger partial charge on any atom is -0.478 e. The van der Waals surface area contributed by atoms with Crippen LogP contribution >= 0.6 is 33.9 Å². The van der Waals surface area contributed by atoms with Crippen LogP contribution in [0.15, 0.2) is 65.1 Å². The van der Waals surface area contributed by atoms with Crippen molar-refractivity contribution in [2.24, 2.45) is 0 Å². The Morgan fingerprint density at radius 1 is 0.905 bits per heavy atom. The van der Waals surface area contributed by atoms with Gasteiger partial charge in [0.05, 0.1) is 17.8 Å². The second-order valence-corrected chi connectivity index (χ2v) is 10.9. The highest BCUT2D eigenvalue weighted by Gasteiger charge is 2.49. The van der Waals surface area contributed by atoms with E-state index >= 15 is 0 Å². The molecule has 3 heterocycles. The van der Waals surface area contributed by atoms with Gasteiger partial charge in [-0.15, -0.1) is 11.3 Å². The summed E-state index contributed by atoms with van der Waals surface area (Å²) < 4.78 is 93.0. The van der Waals surface area contributed by atoms with E-state index in [1.54, 1.807) is 24.3 Å². The Morgan fingerprint density at radius 3 is 2.02 bits per heavy atom. The first-order valence-electron chi connectivity index (χ1n) is 12.0. The number of hydrogen-bond donors (Lipinski definition) is 1. The summed E-state index contributed by atoms with van der Waals surface area (Å²) in [5.41, 5.74) is 0.199. The zero-order valence-corrected chi connectivity index (χ0v) is 24.2. The summed E-state index contributed by atoms with van der Waals surface area (Å²) in [7, 11) is 0. The number of benzene rings is 2. The topological polar surface area (TPSA) is 82.1 Å². The highest BCUT2D eigenvalue weighted by molar-refractivity contribution is 14.1. The van der Waals surface area contributed by atoms with Crippen LogP contribution in [0.4, 0.5) is 26.3 Å². The van der Waals surface area contributed by atoms with Crippen LogP contribution in [0.5, 0.6) is 11.5 Å². The van der Waals surface area contributed by atoms with E-state index in [4.69, 9.17) is 14.6 Å². The summed E-state index contributed by atoms with van der Waals surface area (Å²) in [5, 5.41) is 10.9. The van der Waals surface area contributed by atoms with Gasteiger partial charge in [-0.2, -0.15) is 26.3 Å². The van der Waals surface area contributed by atoms with E-state index in [1.807, 2.05) is 40.1 Å².